The Morgan fingerprint density at radius 1 is 1.32 bits per heavy atom. The molecule has 1 N–H and O–H groups in total. The minimum atomic E-state index is -3.22. The summed E-state index contributed by atoms with van der Waals surface area (Å²) in [6.07, 6.45) is 1.17. The van der Waals surface area contributed by atoms with Gasteiger partial charge in [0.05, 0.1) is 4.75 Å². The minimum absolute atomic E-state index is 0.0796. The lowest BCUT2D eigenvalue weighted by Crippen LogP contribution is -2.43. The maximum Gasteiger partial charge on any atom is 0.251 e. The van der Waals surface area contributed by atoms with E-state index in [0.717, 1.165) is 10.0 Å². The average molecular weight is 348 g/mol. The zero-order valence-corrected chi connectivity index (χ0v) is 13.9. The molecule has 0 aliphatic rings. The predicted molar refractivity (Wildman–Crippen MR) is 80.1 cm³/mol. The van der Waals surface area contributed by atoms with Crippen LogP contribution in [0.2, 0.25) is 0 Å². The van der Waals surface area contributed by atoms with Crippen molar-refractivity contribution >= 4 is 31.7 Å². The molecule has 0 saturated carbocycles. The van der Waals surface area contributed by atoms with E-state index < -0.39 is 14.6 Å². The summed E-state index contributed by atoms with van der Waals surface area (Å²) in [4.78, 5) is 12.0. The fourth-order valence-corrected chi connectivity index (χ4v) is 2.34. The van der Waals surface area contributed by atoms with Crippen LogP contribution in [-0.4, -0.2) is 31.9 Å². The molecule has 0 saturated heterocycles. The topological polar surface area (TPSA) is 63.2 Å². The summed E-state index contributed by atoms with van der Waals surface area (Å²) >= 11 is 3.33. The van der Waals surface area contributed by atoms with Gasteiger partial charge < -0.3 is 5.32 Å². The van der Waals surface area contributed by atoms with Crippen molar-refractivity contribution in [3.8, 4) is 0 Å². The van der Waals surface area contributed by atoms with Crippen molar-refractivity contribution in [1.29, 1.82) is 0 Å². The SMILES string of the molecule is Cc1cc(Br)cc(C(=O)NCC(C)(C)S(C)(=O)=O)c1. The summed E-state index contributed by atoms with van der Waals surface area (Å²) in [7, 11) is -3.22. The molecule has 0 aliphatic heterocycles. The molecule has 1 aromatic rings. The Hall–Kier alpha value is -0.880. The van der Waals surface area contributed by atoms with Gasteiger partial charge in [-0.3, -0.25) is 4.79 Å². The van der Waals surface area contributed by atoms with Gasteiger partial charge in [0.1, 0.15) is 0 Å². The van der Waals surface area contributed by atoms with Gasteiger partial charge in [0.15, 0.2) is 9.84 Å². The van der Waals surface area contributed by atoms with Crippen LogP contribution in [0.1, 0.15) is 29.8 Å². The summed E-state index contributed by atoms with van der Waals surface area (Å²) in [6.45, 7) is 5.15. The number of halogens is 1. The van der Waals surface area contributed by atoms with Crippen LogP contribution in [-0.2, 0) is 9.84 Å². The Bertz CT molecular complexity index is 574. The first-order valence-corrected chi connectivity index (χ1v) is 8.46. The number of aryl methyl sites for hydroxylation is 1. The molecule has 0 heterocycles. The highest BCUT2D eigenvalue weighted by molar-refractivity contribution is 9.10. The maximum atomic E-state index is 12.0. The number of benzene rings is 1. The third-order valence-electron chi connectivity index (χ3n) is 2.98. The second kappa shape index (κ2) is 5.63. The molecule has 1 rings (SSSR count). The van der Waals surface area contributed by atoms with E-state index in [2.05, 4.69) is 21.2 Å². The Morgan fingerprint density at radius 3 is 2.37 bits per heavy atom. The van der Waals surface area contributed by atoms with Crippen molar-refractivity contribution in [2.24, 2.45) is 0 Å². The van der Waals surface area contributed by atoms with Gasteiger partial charge in [0.25, 0.3) is 5.91 Å². The van der Waals surface area contributed by atoms with E-state index >= 15 is 0 Å². The molecule has 4 nitrogen and oxygen atoms in total. The number of hydrogen-bond acceptors (Lipinski definition) is 3. The van der Waals surface area contributed by atoms with Crippen LogP contribution in [0.25, 0.3) is 0 Å². The minimum Gasteiger partial charge on any atom is -0.350 e. The van der Waals surface area contributed by atoms with Gasteiger partial charge in [0, 0.05) is 22.8 Å². The summed E-state index contributed by atoms with van der Waals surface area (Å²) in [5.74, 6) is -0.277. The Balaban J connectivity index is 2.82. The Kier molecular flexibility index (Phi) is 4.79. The average Bonchev–Trinajstić information content (AvgIpc) is 2.23. The van der Waals surface area contributed by atoms with Crippen LogP contribution in [0.4, 0.5) is 0 Å². The molecular weight excluding hydrogens is 330 g/mol. The molecular formula is C13H18BrNO3S. The second-order valence-electron chi connectivity index (χ2n) is 5.23. The van der Waals surface area contributed by atoms with E-state index in [4.69, 9.17) is 0 Å². The monoisotopic (exact) mass is 347 g/mol. The van der Waals surface area contributed by atoms with Gasteiger partial charge in [-0.25, -0.2) is 8.42 Å². The first-order chi connectivity index (χ1) is 8.53. The molecule has 0 fully saturated rings. The zero-order chi connectivity index (χ0) is 14.8. The largest absolute Gasteiger partial charge is 0.350 e. The van der Waals surface area contributed by atoms with Crippen molar-refractivity contribution in [2.45, 2.75) is 25.5 Å². The fraction of sp³-hybridized carbons (Fsp3) is 0.462. The van der Waals surface area contributed by atoms with Crippen LogP contribution in [0.3, 0.4) is 0 Å². The lowest BCUT2D eigenvalue weighted by molar-refractivity contribution is 0.0950. The van der Waals surface area contributed by atoms with E-state index in [1.165, 1.54) is 6.26 Å². The molecule has 0 aliphatic carbocycles. The number of carbonyl (C=O) groups excluding carboxylic acids is 1. The number of nitrogens with one attached hydrogen (secondary N) is 1. The van der Waals surface area contributed by atoms with Gasteiger partial charge in [-0.1, -0.05) is 15.9 Å². The molecule has 0 atom stereocenters. The van der Waals surface area contributed by atoms with Crippen LogP contribution in [0, 0.1) is 6.92 Å². The van der Waals surface area contributed by atoms with Gasteiger partial charge in [0.2, 0.25) is 0 Å². The van der Waals surface area contributed by atoms with E-state index in [0.29, 0.717) is 5.56 Å². The molecule has 6 heteroatoms. The third kappa shape index (κ3) is 4.31. The predicted octanol–water partition coefficient (Wildman–Crippen LogP) is 2.31. The molecule has 0 radical (unpaired) electrons. The maximum absolute atomic E-state index is 12.0. The lowest BCUT2D eigenvalue weighted by atomic mass is 10.1. The van der Waals surface area contributed by atoms with E-state index in [9.17, 15) is 13.2 Å². The molecule has 0 bridgehead atoms. The van der Waals surface area contributed by atoms with Crippen molar-refractivity contribution in [1.82, 2.24) is 5.32 Å². The molecule has 1 aromatic carbocycles. The molecule has 106 valence electrons. The lowest BCUT2D eigenvalue weighted by Gasteiger charge is -2.22. The quantitative estimate of drug-likeness (QED) is 0.908. The molecule has 0 aromatic heterocycles. The van der Waals surface area contributed by atoms with E-state index in [1.807, 2.05) is 13.0 Å². The number of sulfone groups is 1. The first kappa shape index (κ1) is 16.2. The third-order valence-corrected chi connectivity index (χ3v) is 5.59. The van der Waals surface area contributed by atoms with Crippen molar-refractivity contribution < 1.29 is 13.2 Å². The Labute approximate surface area is 122 Å². The van der Waals surface area contributed by atoms with Gasteiger partial charge in [-0.15, -0.1) is 0 Å². The van der Waals surface area contributed by atoms with Crippen LogP contribution < -0.4 is 5.32 Å². The van der Waals surface area contributed by atoms with Gasteiger partial charge in [-0.05, 0) is 44.5 Å². The molecule has 0 unspecified atom stereocenters. The van der Waals surface area contributed by atoms with E-state index in [1.54, 1.807) is 26.0 Å². The summed E-state index contributed by atoms with van der Waals surface area (Å²) in [6, 6.07) is 5.36. The first-order valence-electron chi connectivity index (χ1n) is 5.78. The smallest absolute Gasteiger partial charge is 0.251 e. The van der Waals surface area contributed by atoms with Crippen molar-refractivity contribution in [2.75, 3.05) is 12.8 Å². The number of rotatable bonds is 4. The summed E-state index contributed by atoms with van der Waals surface area (Å²) < 4.78 is 22.9. The van der Waals surface area contributed by atoms with E-state index in [-0.39, 0.29) is 12.5 Å². The van der Waals surface area contributed by atoms with Crippen LogP contribution in [0.15, 0.2) is 22.7 Å². The standard InChI is InChI=1S/C13H18BrNO3S/c1-9-5-10(7-11(14)6-9)12(16)15-8-13(2,3)19(4,17)18/h5-7H,8H2,1-4H3,(H,15,16). The summed E-state index contributed by atoms with van der Waals surface area (Å²) in [5, 5.41) is 2.66. The van der Waals surface area contributed by atoms with Crippen LogP contribution in [0.5, 0.6) is 0 Å². The zero-order valence-electron chi connectivity index (χ0n) is 11.5. The highest BCUT2D eigenvalue weighted by Gasteiger charge is 2.30. The molecule has 19 heavy (non-hydrogen) atoms. The van der Waals surface area contributed by atoms with Gasteiger partial charge in [-0.2, -0.15) is 0 Å². The molecule has 0 spiro atoms. The van der Waals surface area contributed by atoms with Gasteiger partial charge >= 0.3 is 0 Å². The Morgan fingerprint density at radius 2 is 1.89 bits per heavy atom. The number of amides is 1. The molecule has 1 amide bonds. The van der Waals surface area contributed by atoms with Crippen molar-refractivity contribution in [3.63, 3.8) is 0 Å². The summed E-state index contributed by atoms with van der Waals surface area (Å²) in [5.41, 5.74) is 1.47. The number of carbonyl (C=O) groups is 1. The second-order valence-corrected chi connectivity index (χ2v) is 8.80. The number of hydrogen-bond donors (Lipinski definition) is 1. The normalized spacial score (nSPS) is 12.3. The highest BCUT2D eigenvalue weighted by atomic mass is 79.9. The fourth-order valence-electron chi connectivity index (χ4n) is 1.39. The van der Waals surface area contributed by atoms with Crippen LogP contribution >= 0.6 is 15.9 Å². The highest BCUT2D eigenvalue weighted by Crippen LogP contribution is 2.16. The van der Waals surface area contributed by atoms with Crippen molar-refractivity contribution in [3.05, 3.63) is 33.8 Å².